The topological polar surface area (TPSA) is 55.4 Å². The summed E-state index contributed by atoms with van der Waals surface area (Å²) in [6.45, 7) is 0. The maximum Gasteiger partial charge on any atom is 0.415 e. The van der Waals surface area contributed by atoms with Gasteiger partial charge in [0.25, 0.3) is 5.91 Å². The van der Waals surface area contributed by atoms with Crippen molar-refractivity contribution in [1.82, 2.24) is 5.32 Å². The molecule has 0 spiro atoms. The molecular formula is C7H4FNO3S. The van der Waals surface area contributed by atoms with Crippen molar-refractivity contribution >= 4 is 23.3 Å². The molecule has 0 aliphatic carbocycles. The third kappa shape index (κ3) is 1.40. The van der Waals surface area contributed by atoms with Gasteiger partial charge in [0.2, 0.25) is 6.10 Å². The highest BCUT2D eigenvalue weighted by Gasteiger charge is 2.34. The smallest absolute Gasteiger partial charge is 0.415 e. The lowest BCUT2D eigenvalue weighted by atomic mass is 10.3. The molecule has 4 nitrogen and oxygen atoms in total. The number of imide groups is 1. The Labute approximate surface area is 76.3 Å². The number of thiophene rings is 1. The summed E-state index contributed by atoms with van der Waals surface area (Å²) in [7, 11) is 0. The van der Waals surface area contributed by atoms with E-state index < -0.39 is 23.2 Å². The number of carbonyl (C=O) groups excluding carboxylic acids is 2. The summed E-state index contributed by atoms with van der Waals surface area (Å²) in [5.74, 6) is -0.549. The summed E-state index contributed by atoms with van der Waals surface area (Å²) in [5.41, 5.74) is 0. The number of hydrogen-bond donors (Lipinski definition) is 1. The molecule has 1 aliphatic heterocycles. The number of ether oxygens (including phenoxy) is 1. The van der Waals surface area contributed by atoms with Crippen LogP contribution in [0, 0.1) is 5.13 Å². The van der Waals surface area contributed by atoms with Gasteiger partial charge in [-0.3, -0.25) is 10.1 Å². The molecule has 1 aromatic heterocycles. The van der Waals surface area contributed by atoms with Crippen LogP contribution >= 0.6 is 11.3 Å². The zero-order valence-corrected chi connectivity index (χ0v) is 7.06. The Balaban J connectivity index is 2.27. The zero-order chi connectivity index (χ0) is 9.42. The third-order valence-corrected chi connectivity index (χ3v) is 2.46. The summed E-state index contributed by atoms with van der Waals surface area (Å²) >= 11 is 0.786. The van der Waals surface area contributed by atoms with Crippen LogP contribution in [0.25, 0.3) is 0 Å². The van der Waals surface area contributed by atoms with E-state index in [9.17, 15) is 14.0 Å². The Morgan fingerprint density at radius 2 is 2.23 bits per heavy atom. The van der Waals surface area contributed by atoms with E-state index in [1.165, 1.54) is 12.1 Å². The number of amides is 2. The van der Waals surface area contributed by atoms with Gasteiger partial charge < -0.3 is 4.74 Å². The van der Waals surface area contributed by atoms with Crippen molar-refractivity contribution in [2.45, 2.75) is 6.10 Å². The average molecular weight is 201 g/mol. The van der Waals surface area contributed by atoms with Gasteiger partial charge in [0.1, 0.15) is 0 Å². The second-order valence-electron chi connectivity index (χ2n) is 2.42. The van der Waals surface area contributed by atoms with E-state index in [2.05, 4.69) is 4.74 Å². The summed E-state index contributed by atoms with van der Waals surface area (Å²) in [6, 6.07) is 2.64. The fraction of sp³-hybridized carbons (Fsp3) is 0.143. The second-order valence-corrected chi connectivity index (χ2v) is 3.48. The van der Waals surface area contributed by atoms with Gasteiger partial charge in [-0.05, 0) is 12.1 Å². The van der Waals surface area contributed by atoms with Crippen molar-refractivity contribution in [3.63, 3.8) is 0 Å². The van der Waals surface area contributed by atoms with Gasteiger partial charge in [-0.2, -0.15) is 4.39 Å². The molecule has 1 N–H and O–H groups in total. The third-order valence-electron chi connectivity index (χ3n) is 1.54. The van der Waals surface area contributed by atoms with Gasteiger partial charge in [-0.25, -0.2) is 4.79 Å². The average Bonchev–Trinajstić information content (AvgIpc) is 2.58. The van der Waals surface area contributed by atoms with E-state index >= 15 is 0 Å². The molecule has 0 bridgehead atoms. The van der Waals surface area contributed by atoms with Crippen LogP contribution in [-0.2, 0) is 9.53 Å². The van der Waals surface area contributed by atoms with Crippen LogP contribution in [0.2, 0.25) is 0 Å². The lowest BCUT2D eigenvalue weighted by Gasteiger charge is -2.00. The molecule has 2 heterocycles. The molecule has 6 heteroatoms. The molecule has 68 valence electrons. The first-order valence-corrected chi connectivity index (χ1v) is 4.25. The lowest BCUT2D eigenvalue weighted by Crippen LogP contribution is -2.20. The summed E-state index contributed by atoms with van der Waals surface area (Å²) in [6.07, 6.45) is -1.77. The van der Waals surface area contributed by atoms with Gasteiger partial charge in [0.15, 0.2) is 5.13 Å². The van der Waals surface area contributed by atoms with Crippen molar-refractivity contribution in [3.8, 4) is 0 Å². The summed E-state index contributed by atoms with van der Waals surface area (Å²) in [4.78, 5) is 22.0. The predicted octanol–water partition coefficient (Wildman–Crippen LogP) is 1.19. The monoisotopic (exact) mass is 201 g/mol. The van der Waals surface area contributed by atoms with E-state index in [0.717, 1.165) is 11.3 Å². The highest BCUT2D eigenvalue weighted by atomic mass is 32.1. The lowest BCUT2D eigenvalue weighted by molar-refractivity contribution is -0.123. The molecule has 1 saturated heterocycles. The Morgan fingerprint density at radius 3 is 2.69 bits per heavy atom. The predicted molar refractivity (Wildman–Crippen MR) is 41.6 cm³/mol. The molecule has 1 aliphatic rings. The molecule has 0 saturated carbocycles. The maximum absolute atomic E-state index is 12.6. The quantitative estimate of drug-likeness (QED) is 0.742. The molecule has 2 rings (SSSR count). The minimum Gasteiger partial charge on any atom is -0.430 e. The molecule has 1 atom stereocenters. The van der Waals surface area contributed by atoms with Crippen LogP contribution in [0.3, 0.4) is 0 Å². The van der Waals surface area contributed by atoms with Crippen LogP contribution in [0.4, 0.5) is 9.18 Å². The number of nitrogens with one attached hydrogen (secondary N) is 1. The Morgan fingerprint density at radius 1 is 1.46 bits per heavy atom. The first-order valence-electron chi connectivity index (χ1n) is 3.43. The fourth-order valence-corrected chi connectivity index (χ4v) is 1.77. The molecule has 2 amide bonds. The van der Waals surface area contributed by atoms with Crippen molar-refractivity contribution in [2.75, 3.05) is 0 Å². The van der Waals surface area contributed by atoms with Gasteiger partial charge in [-0.15, -0.1) is 11.3 Å². The van der Waals surface area contributed by atoms with Crippen LogP contribution in [0.5, 0.6) is 0 Å². The van der Waals surface area contributed by atoms with E-state index in [1.807, 2.05) is 5.32 Å². The minimum absolute atomic E-state index is 0.390. The molecule has 0 radical (unpaired) electrons. The van der Waals surface area contributed by atoms with Gasteiger partial charge in [0.05, 0.1) is 4.88 Å². The Kier molecular flexibility index (Phi) is 1.77. The van der Waals surface area contributed by atoms with Crippen molar-refractivity contribution < 1.29 is 18.7 Å². The Hall–Kier alpha value is -1.43. The van der Waals surface area contributed by atoms with Crippen molar-refractivity contribution in [3.05, 3.63) is 22.1 Å². The molecule has 1 fully saturated rings. The first kappa shape index (κ1) is 8.18. The number of halogens is 1. The van der Waals surface area contributed by atoms with Crippen molar-refractivity contribution in [2.24, 2.45) is 0 Å². The van der Waals surface area contributed by atoms with Crippen LogP contribution < -0.4 is 5.32 Å². The number of cyclic esters (lactones) is 1. The number of hydrogen-bond acceptors (Lipinski definition) is 4. The first-order chi connectivity index (χ1) is 6.16. The Bertz CT molecular complexity index is 376. The standard InChI is InChI=1S/C7H4FNO3S/c8-4-2-1-3(13-4)5-6(10)9-7(11)12-5/h1-2,5H,(H,9,10,11). The number of alkyl carbamates (subject to hydrolysis) is 1. The van der Waals surface area contributed by atoms with Crippen LogP contribution in [0.1, 0.15) is 11.0 Å². The highest BCUT2D eigenvalue weighted by Crippen LogP contribution is 2.27. The fourth-order valence-electron chi connectivity index (χ4n) is 1.01. The van der Waals surface area contributed by atoms with E-state index in [0.29, 0.717) is 4.88 Å². The van der Waals surface area contributed by atoms with Crippen molar-refractivity contribution in [1.29, 1.82) is 0 Å². The van der Waals surface area contributed by atoms with E-state index in [1.54, 1.807) is 0 Å². The van der Waals surface area contributed by atoms with Crippen LogP contribution in [0.15, 0.2) is 12.1 Å². The SMILES string of the molecule is O=C1NC(=O)C(c2ccc(F)s2)O1. The summed E-state index contributed by atoms with van der Waals surface area (Å²) in [5, 5.41) is 1.55. The van der Waals surface area contributed by atoms with Gasteiger partial charge in [0, 0.05) is 0 Å². The van der Waals surface area contributed by atoms with Gasteiger partial charge in [-0.1, -0.05) is 0 Å². The van der Waals surface area contributed by atoms with E-state index in [-0.39, 0.29) is 0 Å². The number of rotatable bonds is 1. The molecule has 13 heavy (non-hydrogen) atoms. The number of carbonyl (C=O) groups is 2. The van der Waals surface area contributed by atoms with Crippen LogP contribution in [-0.4, -0.2) is 12.0 Å². The minimum atomic E-state index is -0.984. The summed E-state index contributed by atoms with van der Waals surface area (Å²) < 4.78 is 17.2. The molecule has 1 unspecified atom stereocenters. The molecular weight excluding hydrogens is 197 g/mol. The second kappa shape index (κ2) is 2.81. The van der Waals surface area contributed by atoms with E-state index in [4.69, 9.17) is 0 Å². The molecule has 1 aromatic rings. The zero-order valence-electron chi connectivity index (χ0n) is 6.24. The van der Waals surface area contributed by atoms with Gasteiger partial charge >= 0.3 is 6.09 Å². The highest BCUT2D eigenvalue weighted by molar-refractivity contribution is 7.10. The maximum atomic E-state index is 12.6. The largest absolute Gasteiger partial charge is 0.430 e. The normalized spacial score (nSPS) is 21.5. The molecule has 0 aromatic carbocycles.